The number of nitrogens with zero attached hydrogens (tertiary/aromatic N) is 6. The molecule has 1 unspecified atom stereocenters. The molecule has 156 valence electrons. The summed E-state index contributed by atoms with van der Waals surface area (Å²) in [5.41, 5.74) is 0.741. The van der Waals surface area contributed by atoms with Crippen LogP contribution in [0.15, 0.2) is 42.2 Å². The van der Waals surface area contributed by atoms with E-state index >= 15 is 0 Å². The van der Waals surface area contributed by atoms with Crippen molar-refractivity contribution in [3.63, 3.8) is 0 Å². The zero-order valence-corrected chi connectivity index (χ0v) is 17.6. The minimum Gasteiger partial charge on any atom is -0.363 e. The van der Waals surface area contributed by atoms with E-state index in [-0.39, 0.29) is 28.9 Å². The van der Waals surface area contributed by atoms with Gasteiger partial charge in [-0.2, -0.15) is 0 Å². The molecule has 1 fully saturated rings. The van der Waals surface area contributed by atoms with E-state index in [1.807, 2.05) is 16.5 Å². The highest BCUT2D eigenvalue weighted by Crippen LogP contribution is 2.32. The van der Waals surface area contributed by atoms with Crippen LogP contribution >= 0.6 is 11.3 Å². The maximum absolute atomic E-state index is 12.7. The third-order valence-electron chi connectivity index (χ3n) is 5.47. The third kappa shape index (κ3) is 3.83. The number of benzene rings is 1. The largest absolute Gasteiger partial charge is 0.363 e. The van der Waals surface area contributed by atoms with Gasteiger partial charge in [-0.3, -0.25) is 19.8 Å². The van der Waals surface area contributed by atoms with E-state index in [0.29, 0.717) is 18.8 Å². The number of aryl methyl sites for hydroxylation is 1. The smallest absolute Gasteiger partial charge is 0.293 e. The number of aromatic nitrogens is 3. The number of hydrogen-bond acceptors (Lipinski definition) is 8. The number of imidazole rings is 1. The van der Waals surface area contributed by atoms with Crippen LogP contribution in [0.2, 0.25) is 0 Å². The minimum absolute atomic E-state index is 0.0588. The average molecular weight is 427 g/mol. The van der Waals surface area contributed by atoms with Gasteiger partial charge >= 0.3 is 0 Å². The number of carbonyl (C=O) groups is 1. The lowest BCUT2D eigenvalue weighted by Gasteiger charge is -2.38. The zero-order chi connectivity index (χ0) is 21.3. The highest BCUT2D eigenvalue weighted by Gasteiger charge is 2.28. The molecule has 1 saturated heterocycles. The second kappa shape index (κ2) is 8.33. The van der Waals surface area contributed by atoms with Crippen LogP contribution in [-0.2, 0) is 7.05 Å². The van der Waals surface area contributed by atoms with E-state index in [0.717, 1.165) is 18.1 Å². The Morgan fingerprint density at radius 2 is 1.97 bits per heavy atom. The van der Waals surface area contributed by atoms with Gasteiger partial charge in [-0.25, -0.2) is 9.97 Å². The molecule has 1 atom stereocenters. The summed E-state index contributed by atoms with van der Waals surface area (Å²) in [4.78, 5) is 36.8. The molecular weight excluding hydrogens is 404 g/mol. The SMILES string of the molecule is CC(c1nccs1)N1CCN(c2ccc(C(=O)c3nccn3C)cc2[N+](=O)[O-])CC1. The van der Waals surface area contributed by atoms with Crippen molar-refractivity contribution in [1.82, 2.24) is 19.4 Å². The summed E-state index contributed by atoms with van der Waals surface area (Å²) in [6.07, 6.45) is 5.01. The molecule has 3 aromatic rings. The normalized spacial score (nSPS) is 15.9. The Labute approximate surface area is 177 Å². The van der Waals surface area contributed by atoms with Crippen molar-refractivity contribution in [2.45, 2.75) is 13.0 Å². The van der Waals surface area contributed by atoms with Crippen molar-refractivity contribution in [2.75, 3.05) is 31.1 Å². The summed E-state index contributed by atoms with van der Waals surface area (Å²) < 4.78 is 1.60. The Balaban J connectivity index is 1.52. The van der Waals surface area contributed by atoms with E-state index < -0.39 is 4.92 Å². The monoisotopic (exact) mass is 426 g/mol. The highest BCUT2D eigenvalue weighted by molar-refractivity contribution is 7.09. The molecule has 0 aliphatic carbocycles. The van der Waals surface area contributed by atoms with Crippen LogP contribution in [-0.4, -0.2) is 56.3 Å². The molecule has 1 aliphatic rings. The van der Waals surface area contributed by atoms with Gasteiger partial charge in [0.25, 0.3) is 5.69 Å². The fourth-order valence-electron chi connectivity index (χ4n) is 3.74. The summed E-state index contributed by atoms with van der Waals surface area (Å²) in [6.45, 7) is 5.04. The Morgan fingerprint density at radius 1 is 1.20 bits per heavy atom. The number of carbonyl (C=O) groups excluding carboxylic acids is 1. The molecule has 0 saturated carbocycles. The molecule has 10 heteroatoms. The first-order valence-electron chi connectivity index (χ1n) is 9.64. The van der Waals surface area contributed by atoms with Crippen molar-refractivity contribution < 1.29 is 9.72 Å². The van der Waals surface area contributed by atoms with Gasteiger partial charge in [0.1, 0.15) is 10.7 Å². The Hall–Kier alpha value is -3.11. The van der Waals surface area contributed by atoms with E-state index in [9.17, 15) is 14.9 Å². The fraction of sp³-hybridized carbons (Fsp3) is 0.350. The summed E-state index contributed by atoms with van der Waals surface area (Å²) in [5.74, 6) is -0.0823. The molecule has 3 heterocycles. The molecule has 0 amide bonds. The number of hydrogen-bond donors (Lipinski definition) is 0. The molecule has 9 nitrogen and oxygen atoms in total. The maximum atomic E-state index is 12.7. The molecule has 0 bridgehead atoms. The topological polar surface area (TPSA) is 97.4 Å². The van der Waals surface area contributed by atoms with Gasteiger partial charge < -0.3 is 9.47 Å². The van der Waals surface area contributed by atoms with Crippen molar-refractivity contribution in [3.05, 3.63) is 68.7 Å². The second-order valence-electron chi connectivity index (χ2n) is 7.22. The van der Waals surface area contributed by atoms with Crippen LogP contribution in [0.25, 0.3) is 0 Å². The van der Waals surface area contributed by atoms with Crippen molar-refractivity contribution >= 4 is 28.5 Å². The third-order valence-corrected chi connectivity index (χ3v) is 6.42. The van der Waals surface area contributed by atoms with Crippen LogP contribution in [0.1, 0.15) is 34.2 Å². The second-order valence-corrected chi connectivity index (χ2v) is 8.15. The molecule has 2 aromatic heterocycles. The molecule has 0 radical (unpaired) electrons. The Morgan fingerprint density at radius 3 is 2.57 bits per heavy atom. The summed E-state index contributed by atoms with van der Waals surface area (Å²) in [6, 6.07) is 4.90. The maximum Gasteiger partial charge on any atom is 0.293 e. The van der Waals surface area contributed by atoms with Crippen LogP contribution in [0, 0.1) is 10.1 Å². The summed E-state index contributed by atoms with van der Waals surface area (Å²) in [7, 11) is 1.72. The number of rotatable bonds is 6. The van der Waals surface area contributed by atoms with E-state index in [4.69, 9.17) is 0 Å². The van der Waals surface area contributed by atoms with E-state index in [2.05, 4.69) is 21.8 Å². The first-order valence-corrected chi connectivity index (χ1v) is 10.5. The predicted molar refractivity (Wildman–Crippen MR) is 114 cm³/mol. The van der Waals surface area contributed by atoms with Crippen LogP contribution in [0.5, 0.6) is 0 Å². The molecular formula is C20H22N6O3S. The van der Waals surface area contributed by atoms with Gasteiger partial charge in [0.05, 0.1) is 11.0 Å². The number of ketones is 1. The Kier molecular flexibility index (Phi) is 5.60. The molecule has 1 aliphatic heterocycles. The average Bonchev–Trinajstić information content (AvgIpc) is 3.44. The molecule has 1 aromatic carbocycles. The number of nitro benzene ring substituents is 1. The Bertz CT molecular complexity index is 1060. The van der Waals surface area contributed by atoms with E-state index in [1.54, 1.807) is 41.3 Å². The molecule has 0 spiro atoms. The van der Waals surface area contributed by atoms with Crippen molar-refractivity contribution in [2.24, 2.45) is 7.05 Å². The van der Waals surface area contributed by atoms with E-state index in [1.165, 1.54) is 12.3 Å². The first-order chi connectivity index (χ1) is 14.5. The summed E-state index contributed by atoms with van der Waals surface area (Å²) in [5, 5.41) is 14.8. The quantitative estimate of drug-likeness (QED) is 0.340. The number of anilines is 1. The number of piperazine rings is 1. The predicted octanol–water partition coefficient (Wildman–Crippen LogP) is 2.90. The minimum atomic E-state index is -0.422. The van der Waals surface area contributed by atoms with Gasteiger partial charge in [-0.15, -0.1) is 11.3 Å². The number of nitro groups is 1. The van der Waals surface area contributed by atoms with Gasteiger partial charge in [0.2, 0.25) is 5.78 Å². The first kappa shape index (κ1) is 20.2. The standard InChI is InChI=1S/C20H22N6O3S/c1-14(20-22-6-12-30-20)24-8-10-25(11-9-24)16-4-3-15(13-17(16)26(28)29)18(27)19-21-5-7-23(19)2/h3-7,12-14H,8-11H2,1-2H3. The molecule has 0 N–H and O–H groups in total. The van der Waals surface area contributed by atoms with Crippen molar-refractivity contribution in [1.29, 1.82) is 0 Å². The van der Waals surface area contributed by atoms with Gasteiger partial charge in [-0.05, 0) is 19.1 Å². The van der Waals surface area contributed by atoms with Crippen LogP contribution in [0.4, 0.5) is 11.4 Å². The molecule has 4 rings (SSSR count). The van der Waals surface area contributed by atoms with Gasteiger partial charge in [0, 0.05) is 68.8 Å². The highest BCUT2D eigenvalue weighted by atomic mass is 32.1. The van der Waals surface area contributed by atoms with Gasteiger partial charge in [-0.1, -0.05) is 0 Å². The number of thiazole rings is 1. The van der Waals surface area contributed by atoms with Crippen LogP contribution < -0.4 is 4.90 Å². The lowest BCUT2D eigenvalue weighted by molar-refractivity contribution is -0.384. The summed E-state index contributed by atoms with van der Waals surface area (Å²) >= 11 is 1.64. The molecule has 30 heavy (non-hydrogen) atoms. The van der Waals surface area contributed by atoms with Crippen LogP contribution in [0.3, 0.4) is 0 Å². The fourth-order valence-corrected chi connectivity index (χ4v) is 4.47. The lowest BCUT2D eigenvalue weighted by Crippen LogP contribution is -2.47. The van der Waals surface area contributed by atoms with Crippen molar-refractivity contribution in [3.8, 4) is 0 Å². The van der Waals surface area contributed by atoms with Gasteiger partial charge in [0.15, 0.2) is 5.82 Å². The lowest BCUT2D eigenvalue weighted by atomic mass is 10.1. The zero-order valence-electron chi connectivity index (χ0n) is 16.8.